The third kappa shape index (κ3) is 5.17. The van der Waals surface area contributed by atoms with Gasteiger partial charge < -0.3 is 14.0 Å². The maximum atomic E-state index is 5.98. The predicted molar refractivity (Wildman–Crippen MR) is 116 cm³/mol. The molecule has 0 unspecified atom stereocenters. The van der Waals surface area contributed by atoms with Crippen molar-refractivity contribution in [3.8, 4) is 5.75 Å². The lowest BCUT2D eigenvalue weighted by atomic mass is 10.1. The molecule has 4 rings (SSSR count). The number of nitrogens with zero attached hydrogens (tertiary/aromatic N) is 3. The zero-order chi connectivity index (χ0) is 20.1. The first-order valence-corrected chi connectivity index (χ1v) is 10.6. The molecule has 3 aromatic rings. The van der Waals surface area contributed by atoms with Gasteiger partial charge in [-0.15, -0.1) is 0 Å². The molecule has 5 nitrogen and oxygen atoms in total. The molecule has 1 aliphatic rings. The quantitative estimate of drug-likeness (QED) is 0.534. The lowest BCUT2D eigenvalue weighted by molar-refractivity contribution is 0.0326. The van der Waals surface area contributed by atoms with Crippen LogP contribution in [0.2, 0.25) is 0 Å². The highest BCUT2D eigenvalue weighted by molar-refractivity contribution is 5.75. The maximum absolute atomic E-state index is 5.98. The largest absolute Gasteiger partial charge is 0.494 e. The average Bonchev–Trinajstić information content (AvgIpc) is 3.05. The van der Waals surface area contributed by atoms with Crippen molar-refractivity contribution in [1.29, 1.82) is 0 Å². The summed E-state index contributed by atoms with van der Waals surface area (Å²) in [6, 6.07) is 14.8. The van der Waals surface area contributed by atoms with Gasteiger partial charge in [0.25, 0.3) is 0 Å². The molecular formula is C24H31N3O2. The number of aryl methyl sites for hydroxylation is 3. The number of rotatable bonds is 8. The summed E-state index contributed by atoms with van der Waals surface area (Å²) in [4.78, 5) is 7.36. The van der Waals surface area contributed by atoms with Crippen LogP contribution < -0.4 is 4.74 Å². The molecule has 1 aliphatic heterocycles. The van der Waals surface area contributed by atoms with Gasteiger partial charge in [0.2, 0.25) is 0 Å². The number of imidazole rings is 1. The highest BCUT2D eigenvalue weighted by Crippen LogP contribution is 2.20. The van der Waals surface area contributed by atoms with E-state index in [-0.39, 0.29) is 0 Å². The van der Waals surface area contributed by atoms with Crippen molar-refractivity contribution in [2.75, 3.05) is 32.9 Å². The number of fused-ring (bicyclic) bond motifs is 1. The van der Waals surface area contributed by atoms with Gasteiger partial charge in [-0.25, -0.2) is 4.98 Å². The van der Waals surface area contributed by atoms with E-state index in [0.717, 1.165) is 75.9 Å². The van der Waals surface area contributed by atoms with Crippen LogP contribution in [0.1, 0.15) is 29.8 Å². The fraction of sp³-hybridized carbons (Fsp3) is 0.458. The summed E-state index contributed by atoms with van der Waals surface area (Å²) in [5, 5.41) is 0. The van der Waals surface area contributed by atoms with Crippen LogP contribution in [0.3, 0.4) is 0 Å². The third-order valence-electron chi connectivity index (χ3n) is 5.44. The first-order valence-electron chi connectivity index (χ1n) is 10.6. The molecule has 0 radical (unpaired) electrons. The molecule has 0 atom stereocenters. The van der Waals surface area contributed by atoms with E-state index in [1.54, 1.807) is 0 Å². The Morgan fingerprint density at radius 3 is 2.55 bits per heavy atom. The Balaban J connectivity index is 1.36. The minimum absolute atomic E-state index is 0.744. The zero-order valence-corrected chi connectivity index (χ0v) is 17.6. The van der Waals surface area contributed by atoms with Crippen molar-refractivity contribution in [2.24, 2.45) is 0 Å². The molecule has 1 aromatic heterocycles. The summed E-state index contributed by atoms with van der Waals surface area (Å²) < 4.78 is 13.9. The van der Waals surface area contributed by atoms with Crippen LogP contribution in [-0.4, -0.2) is 47.4 Å². The number of ether oxygens (including phenoxy) is 2. The van der Waals surface area contributed by atoms with Gasteiger partial charge in [-0.2, -0.15) is 0 Å². The number of aromatic nitrogens is 2. The Morgan fingerprint density at radius 2 is 1.76 bits per heavy atom. The third-order valence-corrected chi connectivity index (χ3v) is 5.44. The normalized spacial score (nSPS) is 15.1. The van der Waals surface area contributed by atoms with E-state index < -0.39 is 0 Å². The summed E-state index contributed by atoms with van der Waals surface area (Å²) in [6.07, 6.45) is 2.09. The maximum Gasteiger partial charge on any atom is 0.124 e. The van der Waals surface area contributed by atoms with Gasteiger partial charge in [-0.1, -0.05) is 18.2 Å². The molecule has 1 saturated heterocycles. The molecule has 0 saturated carbocycles. The minimum atomic E-state index is 0.744. The van der Waals surface area contributed by atoms with E-state index in [2.05, 4.69) is 65.8 Å². The van der Waals surface area contributed by atoms with Gasteiger partial charge in [-0.3, -0.25) is 4.90 Å². The van der Waals surface area contributed by atoms with Crippen LogP contribution >= 0.6 is 0 Å². The van der Waals surface area contributed by atoms with E-state index in [4.69, 9.17) is 14.5 Å². The molecule has 0 N–H and O–H groups in total. The summed E-state index contributed by atoms with van der Waals surface area (Å²) in [6.45, 7) is 10.4. The lowest BCUT2D eigenvalue weighted by Crippen LogP contribution is -2.36. The highest BCUT2D eigenvalue weighted by atomic mass is 16.5. The number of morpholine rings is 1. The Hall–Kier alpha value is -2.37. The van der Waals surface area contributed by atoms with Crippen LogP contribution in [0, 0.1) is 13.8 Å². The number of benzene rings is 2. The van der Waals surface area contributed by atoms with Crippen LogP contribution in [0.4, 0.5) is 0 Å². The SMILES string of the molecule is Cc1cc(C)cc(OCCCCn2c(CN3CCOCC3)nc3ccccc32)c1. The Kier molecular flexibility index (Phi) is 6.47. The molecule has 2 aromatic carbocycles. The molecule has 1 fully saturated rings. The van der Waals surface area contributed by atoms with Crippen molar-refractivity contribution < 1.29 is 9.47 Å². The zero-order valence-electron chi connectivity index (χ0n) is 17.6. The fourth-order valence-electron chi connectivity index (χ4n) is 4.03. The number of hydrogen-bond acceptors (Lipinski definition) is 4. The predicted octanol–water partition coefficient (Wildman–Crippen LogP) is 4.34. The molecular weight excluding hydrogens is 362 g/mol. The minimum Gasteiger partial charge on any atom is -0.494 e. The van der Waals surface area contributed by atoms with Crippen LogP contribution in [0.15, 0.2) is 42.5 Å². The molecule has 0 aliphatic carbocycles. The molecule has 2 heterocycles. The first kappa shape index (κ1) is 19.9. The van der Waals surface area contributed by atoms with Gasteiger partial charge in [0.15, 0.2) is 0 Å². The molecule has 0 spiro atoms. The Bertz CT molecular complexity index is 924. The topological polar surface area (TPSA) is 39.5 Å². The second-order valence-corrected chi connectivity index (χ2v) is 7.94. The summed E-state index contributed by atoms with van der Waals surface area (Å²) >= 11 is 0. The fourth-order valence-corrected chi connectivity index (χ4v) is 4.03. The van der Waals surface area contributed by atoms with E-state index in [1.807, 2.05) is 0 Å². The van der Waals surface area contributed by atoms with Gasteiger partial charge in [-0.05, 0) is 62.1 Å². The van der Waals surface area contributed by atoms with Crippen molar-refractivity contribution >= 4 is 11.0 Å². The van der Waals surface area contributed by atoms with Crippen molar-refractivity contribution in [3.05, 3.63) is 59.4 Å². The Morgan fingerprint density at radius 1 is 1.00 bits per heavy atom. The molecule has 5 heteroatoms. The van der Waals surface area contributed by atoms with E-state index in [1.165, 1.54) is 16.6 Å². The van der Waals surface area contributed by atoms with Crippen molar-refractivity contribution in [1.82, 2.24) is 14.5 Å². The molecule has 29 heavy (non-hydrogen) atoms. The van der Waals surface area contributed by atoms with Crippen molar-refractivity contribution in [2.45, 2.75) is 39.8 Å². The van der Waals surface area contributed by atoms with Crippen LogP contribution in [-0.2, 0) is 17.8 Å². The van der Waals surface area contributed by atoms with E-state index in [9.17, 15) is 0 Å². The second kappa shape index (κ2) is 9.42. The first-order chi connectivity index (χ1) is 14.2. The molecule has 0 bridgehead atoms. The summed E-state index contributed by atoms with van der Waals surface area (Å²) in [7, 11) is 0. The van der Waals surface area contributed by atoms with Gasteiger partial charge in [0, 0.05) is 19.6 Å². The summed E-state index contributed by atoms with van der Waals surface area (Å²) in [5.41, 5.74) is 4.81. The summed E-state index contributed by atoms with van der Waals surface area (Å²) in [5.74, 6) is 2.13. The van der Waals surface area contributed by atoms with E-state index >= 15 is 0 Å². The van der Waals surface area contributed by atoms with Crippen molar-refractivity contribution in [3.63, 3.8) is 0 Å². The smallest absolute Gasteiger partial charge is 0.124 e. The standard InChI is InChI=1S/C24H31N3O2/c1-19-15-20(2)17-21(16-19)29-12-6-5-9-27-23-8-4-3-7-22(23)25-24(27)18-26-10-13-28-14-11-26/h3-4,7-8,15-17H,5-6,9-14,18H2,1-2H3. The number of hydrogen-bond donors (Lipinski definition) is 0. The monoisotopic (exact) mass is 393 g/mol. The van der Waals surface area contributed by atoms with Gasteiger partial charge in [0.1, 0.15) is 11.6 Å². The molecule has 154 valence electrons. The van der Waals surface area contributed by atoms with Gasteiger partial charge in [0.05, 0.1) is 37.4 Å². The second-order valence-electron chi connectivity index (χ2n) is 7.94. The number of unbranched alkanes of at least 4 members (excludes halogenated alkanes) is 1. The molecule has 0 amide bonds. The van der Waals surface area contributed by atoms with E-state index in [0.29, 0.717) is 0 Å². The highest BCUT2D eigenvalue weighted by Gasteiger charge is 2.16. The van der Waals surface area contributed by atoms with Gasteiger partial charge >= 0.3 is 0 Å². The van der Waals surface area contributed by atoms with Crippen LogP contribution in [0.5, 0.6) is 5.75 Å². The van der Waals surface area contributed by atoms with Crippen LogP contribution in [0.25, 0.3) is 11.0 Å². The lowest BCUT2D eigenvalue weighted by Gasteiger charge is -2.26. The Labute approximate surface area is 173 Å². The number of para-hydroxylation sites is 2. The average molecular weight is 394 g/mol.